The average molecular weight is 419 g/mol. The van der Waals surface area contributed by atoms with E-state index in [1.807, 2.05) is 0 Å². The maximum absolute atomic E-state index is 13.7. The number of benzene rings is 1. The van der Waals surface area contributed by atoms with Gasteiger partial charge in [-0.2, -0.15) is 4.98 Å². The van der Waals surface area contributed by atoms with Gasteiger partial charge in [0.05, 0.1) is 10.9 Å². The first kappa shape index (κ1) is 18.5. The predicted octanol–water partition coefficient (Wildman–Crippen LogP) is 4.01. The number of nitrogens with zero attached hydrogens (tertiary/aromatic N) is 4. The van der Waals surface area contributed by atoms with E-state index in [4.69, 9.17) is 16.1 Å². The Morgan fingerprint density at radius 3 is 2.72 bits per heavy atom. The van der Waals surface area contributed by atoms with E-state index in [9.17, 15) is 14.0 Å². The zero-order valence-electron chi connectivity index (χ0n) is 15.7. The second kappa shape index (κ2) is 7.09. The van der Waals surface area contributed by atoms with Crippen LogP contribution in [0, 0.1) is 11.7 Å². The lowest BCUT2D eigenvalue weighted by Gasteiger charge is -2.46. The minimum atomic E-state index is -0.564. The van der Waals surface area contributed by atoms with Crippen LogP contribution in [0.1, 0.15) is 44.4 Å². The van der Waals surface area contributed by atoms with E-state index < -0.39 is 5.82 Å². The summed E-state index contributed by atoms with van der Waals surface area (Å²) in [7, 11) is 0. The molecule has 2 atom stereocenters. The van der Waals surface area contributed by atoms with Gasteiger partial charge in [0.25, 0.3) is 0 Å². The van der Waals surface area contributed by atoms with E-state index in [1.165, 1.54) is 17.0 Å². The summed E-state index contributed by atoms with van der Waals surface area (Å²) in [5.41, 5.74) is 0.442. The number of urea groups is 1. The Morgan fingerprint density at radius 1 is 1.17 bits per heavy atom. The minimum absolute atomic E-state index is 0.0181. The normalized spacial score (nSPS) is 24.8. The molecule has 2 unspecified atom stereocenters. The fourth-order valence-corrected chi connectivity index (χ4v) is 4.51. The molecule has 3 fully saturated rings. The van der Waals surface area contributed by atoms with Crippen LogP contribution in [0.5, 0.6) is 0 Å². The first-order valence-electron chi connectivity index (χ1n) is 9.94. The Morgan fingerprint density at radius 2 is 1.97 bits per heavy atom. The van der Waals surface area contributed by atoms with Gasteiger partial charge in [0.1, 0.15) is 12.4 Å². The summed E-state index contributed by atoms with van der Waals surface area (Å²) in [4.78, 5) is 33.5. The van der Waals surface area contributed by atoms with Crippen LogP contribution >= 0.6 is 11.6 Å². The Labute approximate surface area is 171 Å². The van der Waals surface area contributed by atoms with E-state index in [0.29, 0.717) is 5.56 Å². The first-order valence-corrected chi connectivity index (χ1v) is 10.3. The molecular formula is C20H20ClFN4O3. The molecule has 3 aliphatic rings. The Bertz CT molecular complexity index is 976. The molecule has 2 aromatic rings. The Kier molecular flexibility index (Phi) is 4.53. The lowest BCUT2D eigenvalue weighted by molar-refractivity contribution is -0.141. The maximum Gasteiger partial charge on any atom is 0.327 e. The van der Waals surface area contributed by atoms with Crippen LogP contribution in [0.2, 0.25) is 5.02 Å². The summed E-state index contributed by atoms with van der Waals surface area (Å²) in [5.74, 6) is -0.255. The van der Waals surface area contributed by atoms with Crippen LogP contribution in [0.3, 0.4) is 0 Å². The van der Waals surface area contributed by atoms with Crippen molar-refractivity contribution < 1.29 is 18.5 Å². The number of imide groups is 1. The average Bonchev–Trinajstić information content (AvgIpc) is 3.44. The molecule has 5 rings (SSSR count). The molecule has 2 aliphatic carbocycles. The third kappa shape index (κ3) is 3.29. The summed E-state index contributed by atoms with van der Waals surface area (Å²) >= 11 is 5.72. The fraction of sp³-hybridized carbons (Fsp3) is 0.500. The number of carbonyl (C=O) groups excluding carboxylic acids is 2. The SMILES string of the molecule is O=C1C2CCCCC2N(Cc2nc(-c3ccc(Cl)c(F)c3)no2)C(=O)N1C1CC1. The maximum atomic E-state index is 13.7. The summed E-state index contributed by atoms with van der Waals surface area (Å²) < 4.78 is 19.1. The van der Waals surface area contributed by atoms with Crippen molar-refractivity contribution in [1.29, 1.82) is 0 Å². The van der Waals surface area contributed by atoms with Crippen molar-refractivity contribution in [3.05, 3.63) is 34.9 Å². The van der Waals surface area contributed by atoms with Crippen molar-refractivity contribution in [3.8, 4) is 11.4 Å². The molecule has 0 spiro atoms. The van der Waals surface area contributed by atoms with Crippen LogP contribution in [-0.2, 0) is 11.3 Å². The number of carbonyl (C=O) groups is 2. The first-order chi connectivity index (χ1) is 14.0. The van der Waals surface area contributed by atoms with Crippen LogP contribution in [0.4, 0.5) is 9.18 Å². The lowest BCUT2D eigenvalue weighted by Crippen LogP contribution is -2.62. The van der Waals surface area contributed by atoms with Gasteiger partial charge in [-0.1, -0.05) is 29.6 Å². The Balaban J connectivity index is 1.41. The number of halogens is 2. The molecule has 1 aliphatic heterocycles. The van der Waals surface area contributed by atoms with E-state index >= 15 is 0 Å². The number of rotatable bonds is 4. The zero-order chi connectivity index (χ0) is 20.1. The monoisotopic (exact) mass is 418 g/mol. The quantitative estimate of drug-likeness (QED) is 0.749. The van der Waals surface area contributed by atoms with Gasteiger partial charge in [-0.25, -0.2) is 9.18 Å². The highest BCUT2D eigenvalue weighted by Gasteiger charge is 2.51. The van der Waals surface area contributed by atoms with E-state index in [2.05, 4.69) is 10.1 Å². The molecule has 152 valence electrons. The van der Waals surface area contributed by atoms with Crippen molar-refractivity contribution in [2.45, 2.75) is 57.2 Å². The van der Waals surface area contributed by atoms with Gasteiger partial charge in [-0.05, 0) is 43.9 Å². The van der Waals surface area contributed by atoms with Crippen LogP contribution < -0.4 is 0 Å². The molecule has 0 radical (unpaired) electrons. The Hall–Kier alpha value is -2.48. The number of aromatic nitrogens is 2. The van der Waals surface area contributed by atoms with Gasteiger partial charge in [-0.3, -0.25) is 9.69 Å². The molecule has 2 heterocycles. The van der Waals surface area contributed by atoms with Crippen LogP contribution in [0.25, 0.3) is 11.4 Å². The van der Waals surface area contributed by atoms with Gasteiger partial charge in [0.15, 0.2) is 0 Å². The molecule has 29 heavy (non-hydrogen) atoms. The summed E-state index contributed by atoms with van der Waals surface area (Å²) in [6.45, 7) is 0.138. The largest absolute Gasteiger partial charge is 0.337 e. The van der Waals surface area contributed by atoms with Crippen molar-refractivity contribution in [2.75, 3.05) is 0 Å². The lowest BCUT2D eigenvalue weighted by atomic mass is 9.81. The summed E-state index contributed by atoms with van der Waals surface area (Å²) in [6.07, 6.45) is 5.33. The topological polar surface area (TPSA) is 79.5 Å². The second-order valence-electron chi connectivity index (χ2n) is 7.95. The molecule has 9 heteroatoms. The van der Waals surface area contributed by atoms with E-state index in [0.717, 1.165) is 38.5 Å². The third-order valence-electron chi connectivity index (χ3n) is 6.00. The number of fused-ring (bicyclic) bond motifs is 1. The molecule has 1 aromatic carbocycles. The van der Waals surface area contributed by atoms with Crippen molar-refractivity contribution >= 4 is 23.5 Å². The van der Waals surface area contributed by atoms with Gasteiger partial charge in [0.2, 0.25) is 17.6 Å². The summed E-state index contributed by atoms with van der Waals surface area (Å²) in [5, 5.41) is 3.94. The highest BCUT2D eigenvalue weighted by atomic mass is 35.5. The highest BCUT2D eigenvalue weighted by Crippen LogP contribution is 2.39. The van der Waals surface area contributed by atoms with Crippen LogP contribution in [-0.4, -0.2) is 44.0 Å². The van der Waals surface area contributed by atoms with E-state index in [1.54, 1.807) is 11.0 Å². The summed E-state index contributed by atoms with van der Waals surface area (Å²) in [6, 6.07) is 3.91. The molecule has 0 bridgehead atoms. The minimum Gasteiger partial charge on any atom is -0.337 e. The standard InChI is InChI=1S/C20H20ClFN4O3/c21-14-8-5-11(9-15(14)22)18-23-17(29-24-18)10-25-16-4-2-1-3-13(16)19(27)26(20(25)28)12-6-7-12/h5,8-9,12-13,16H,1-4,6-7,10H2. The van der Waals surface area contributed by atoms with Gasteiger partial charge >= 0.3 is 6.03 Å². The van der Waals surface area contributed by atoms with Crippen molar-refractivity contribution in [3.63, 3.8) is 0 Å². The highest BCUT2D eigenvalue weighted by molar-refractivity contribution is 6.30. The molecular weight excluding hydrogens is 399 g/mol. The van der Waals surface area contributed by atoms with E-state index in [-0.39, 0.29) is 53.2 Å². The second-order valence-corrected chi connectivity index (χ2v) is 8.36. The molecule has 3 amide bonds. The molecule has 7 nitrogen and oxygen atoms in total. The van der Waals surface area contributed by atoms with Gasteiger partial charge in [-0.15, -0.1) is 0 Å². The number of hydrogen-bond acceptors (Lipinski definition) is 5. The molecule has 2 saturated carbocycles. The van der Waals surface area contributed by atoms with Crippen molar-refractivity contribution in [2.24, 2.45) is 5.92 Å². The zero-order valence-corrected chi connectivity index (χ0v) is 16.4. The molecule has 1 aromatic heterocycles. The smallest absolute Gasteiger partial charge is 0.327 e. The predicted molar refractivity (Wildman–Crippen MR) is 101 cm³/mol. The molecule has 0 N–H and O–H groups in total. The number of hydrogen-bond donors (Lipinski definition) is 0. The van der Waals surface area contributed by atoms with Crippen molar-refractivity contribution in [1.82, 2.24) is 19.9 Å². The number of amides is 3. The third-order valence-corrected chi connectivity index (χ3v) is 6.31. The van der Waals surface area contributed by atoms with Gasteiger partial charge < -0.3 is 9.42 Å². The van der Waals surface area contributed by atoms with Gasteiger partial charge in [0, 0.05) is 17.6 Å². The van der Waals surface area contributed by atoms with Crippen LogP contribution in [0.15, 0.2) is 22.7 Å². The molecule has 1 saturated heterocycles. The fourth-order valence-electron chi connectivity index (χ4n) is 4.40.